The van der Waals surface area contributed by atoms with Crippen LogP contribution < -0.4 is 5.73 Å². The van der Waals surface area contributed by atoms with Gasteiger partial charge in [0.25, 0.3) is 0 Å². The normalized spacial score (nSPS) is 40.4. The molecule has 0 aromatic heterocycles. The molecule has 1 rings (SSSR count). The molecule has 1 nitrogen and oxygen atoms in total. The SMILES string of the molecule is CCC(C)C(C)CC1CC(C)C(C)(N)C1. The summed E-state index contributed by atoms with van der Waals surface area (Å²) >= 11 is 0. The first kappa shape index (κ1) is 13.0. The van der Waals surface area contributed by atoms with E-state index in [0.717, 1.165) is 17.8 Å². The lowest BCUT2D eigenvalue weighted by molar-refractivity contribution is 0.292. The van der Waals surface area contributed by atoms with Crippen LogP contribution in [0.1, 0.15) is 60.3 Å². The highest BCUT2D eigenvalue weighted by atomic mass is 14.8. The minimum absolute atomic E-state index is 0.0971. The lowest BCUT2D eigenvalue weighted by atomic mass is 9.84. The average molecular weight is 211 g/mol. The molecule has 0 heterocycles. The van der Waals surface area contributed by atoms with Gasteiger partial charge in [0, 0.05) is 5.54 Å². The fraction of sp³-hybridized carbons (Fsp3) is 1.00. The molecule has 5 unspecified atom stereocenters. The Morgan fingerprint density at radius 3 is 2.33 bits per heavy atom. The molecule has 1 aliphatic carbocycles. The summed E-state index contributed by atoms with van der Waals surface area (Å²) in [5.41, 5.74) is 6.39. The zero-order valence-corrected chi connectivity index (χ0v) is 11.2. The standard InChI is InChI=1S/C14H29N/c1-6-10(2)11(3)7-13-8-12(4)14(5,15)9-13/h10-13H,6-9,15H2,1-5H3. The molecule has 0 bridgehead atoms. The molecule has 1 saturated carbocycles. The van der Waals surface area contributed by atoms with Crippen molar-refractivity contribution in [1.29, 1.82) is 0 Å². The molecule has 0 aliphatic heterocycles. The highest BCUT2D eigenvalue weighted by molar-refractivity contribution is 4.95. The Balaban J connectivity index is 2.42. The summed E-state index contributed by atoms with van der Waals surface area (Å²) in [4.78, 5) is 0. The van der Waals surface area contributed by atoms with E-state index in [4.69, 9.17) is 5.73 Å². The molecule has 90 valence electrons. The highest BCUT2D eigenvalue weighted by Gasteiger charge is 2.38. The average Bonchev–Trinajstić information content (AvgIpc) is 2.39. The zero-order chi connectivity index (χ0) is 11.6. The van der Waals surface area contributed by atoms with Crippen molar-refractivity contribution in [3.63, 3.8) is 0 Å². The molecular weight excluding hydrogens is 182 g/mol. The van der Waals surface area contributed by atoms with E-state index in [1.165, 1.54) is 25.7 Å². The van der Waals surface area contributed by atoms with Crippen molar-refractivity contribution in [2.24, 2.45) is 29.4 Å². The van der Waals surface area contributed by atoms with Crippen LogP contribution in [0.3, 0.4) is 0 Å². The van der Waals surface area contributed by atoms with E-state index >= 15 is 0 Å². The summed E-state index contributed by atoms with van der Waals surface area (Å²) < 4.78 is 0. The van der Waals surface area contributed by atoms with Gasteiger partial charge in [0.05, 0.1) is 0 Å². The molecule has 0 aromatic carbocycles. The molecule has 1 fully saturated rings. The first-order chi connectivity index (χ1) is 6.86. The minimum Gasteiger partial charge on any atom is -0.325 e. The second kappa shape index (κ2) is 4.86. The predicted octanol–water partition coefficient (Wildman–Crippen LogP) is 3.82. The maximum atomic E-state index is 6.30. The molecule has 0 amide bonds. The predicted molar refractivity (Wildman–Crippen MR) is 67.7 cm³/mol. The molecule has 2 N–H and O–H groups in total. The van der Waals surface area contributed by atoms with Gasteiger partial charge in [0.2, 0.25) is 0 Å². The van der Waals surface area contributed by atoms with Crippen LogP contribution >= 0.6 is 0 Å². The first-order valence-corrected chi connectivity index (χ1v) is 6.65. The van der Waals surface area contributed by atoms with Gasteiger partial charge in [0.15, 0.2) is 0 Å². The summed E-state index contributed by atoms with van der Waals surface area (Å²) in [6.45, 7) is 11.6. The third-order valence-electron chi connectivity index (χ3n) is 4.86. The van der Waals surface area contributed by atoms with E-state index in [0.29, 0.717) is 5.92 Å². The van der Waals surface area contributed by atoms with Crippen LogP contribution in [-0.4, -0.2) is 5.54 Å². The number of hydrogen-bond donors (Lipinski definition) is 1. The van der Waals surface area contributed by atoms with Crippen LogP contribution in [0.4, 0.5) is 0 Å². The van der Waals surface area contributed by atoms with Gasteiger partial charge in [-0.15, -0.1) is 0 Å². The largest absolute Gasteiger partial charge is 0.325 e. The van der Waals surface area contributed by atoms with Gasteiger partial charge in [-0.3, -0.25) is 0 Å². The van der Waals surface area contributed by atoms with Gasteiger partial charge in [-0.05, 0) is 49.9 Å². The quantitative estimate of drug-likeness (QED) is 0.751. The van der Waals surface area contributed by atoms with Crippen molar-refractivity contribution in [3.05, 3.63) is 0 Å². The Morgan fingerprint density at radius 2 is 1.93 bits per heavy atom. The van der Waals surface area contributed by atoms with Crippen LogP contribution in [0, 0.1) is 23.7 Å². The summed E-state index contributed by atoms with van der Waals surface area (Å²) in [5.74, 6) is 3.30. The third-order valence-corrected chi connectivity index (χ3v) is 4.86. The van der Waals surface area contributed by atoms with Crippen molar-refractivity contribution >= 4 is 0 Å². The van der Waals surface area contributed by atoms with Crippen molar-refractivity contribution in [1.82, 2.24) is 0 Å². The number of rotatable bonds is 4. The molecule has 5 atom stereocenters. The van der Waals surface area contributed by atoms with Gasteiger partial charge in [-0.1, -0.05) is 34.1 Å². The summed E-state index contributed by atoms with van der Waals surface area (Å²) in [6, 6.07) is 0. The lowest BCUT2D eigenvalue weighted by Crippen LogP contribution is -2.38. The van der Waals surface area contributed by atoms with Crippen LogP contribution in [-0.2, 0) is 0 Å². The summed E-state index contributed by atoms with van der Waals surface area (Å²) in [7, 11) is 0. The van der Waals surface area contributed by atoms with Gasteiger partial charge in [-0.25, -0.2) is 0 Å². The van der Waals surface area contributed by atoms with Crippen molar-refractivity contribution < 1.29 is 0 Å². The maximum Gasteiger partial charge on any atom is 0.0154 e. The third kappa shape index (κ3) is 3.21. The Hall–Kier alpha value is -0.0400. The lowest BCUT2D eigenvalue weighted by Gasteiger charge is -2.24. The van der Waals surface area contributed by atoms with E-state index in [1.807, 2.05) is 0 Å². The molecule has 0 aromatic rings. The van der Waals surface area contributed by atoms with E-state index < -0.39 is 0 Å². The first-order valence-electron chi connectivity index (χ1n) is 6.65. The Labute approximate surface area is 95.8 Å². The van der Waals surface area contributed by atoms with Crippen LogP contribution in [0.15, 0.2) is 0 Å². The van der Waals surface area contributed by atoms with E-state index in [1.54, 1.807) is 0 Å². The minimum atomic E-state index is 0.0971. The Bertz CT molecular complexity index is 198. The molecular formula is C14H29N. The van der Waals surface area contributed by atoms with E-state index in [-0.39, 0.29) is 5.54 Å². The van der Waals surface area contributed by atoms with E-state index in [9.17, 15) is 0 Å². The Morgan fingerprint density at radius 1 is 1.33 bits per heavy atom. The second-order valence-corrected chi connectivity index (χ2v) is 6.31. The fourth-order valence-electron chi connectivity index (χ4n) is 3.02. The Kier molecular flexibility index (Phi) is 4.22. The number of hydrogen-bond acceptors (Lipinski definition) is 1. The highest BCUT2D eigenvalue weighted by Crippen LogP contribution is 2.41. The van der Waals surface area contributed by atoms with Gasteiger partial charge >= 0.3 is 0 Å². The van der Waals surface area contributed by atoms with E-state index in [2.05, 4.69) is 34.6 Å². The fourth-order valence-corrected chi connectivity index (χ4v) is 3.02. The van der Waals surface area contributed by atoms with Gasteiger partial charge < -0.3 is 5.73 Å². The summed E-state index contributed by atoms with van der Waals surface area (Å²) in [5, 5.41) is 0. The topological polar surface area (TPSA) is 26.0 Å². The van der Waals surface area contributed by atoms with Crippen molar-refractivity contribution in [3.8, 4) is 0 Å². The molecule has 1 heteroatoms. The maximum absolute atomic E-state index is 6.30. The monoisotopic (exact) mass is 211 g/mol. The molecule has 0 saturated heterocycles. The smallest absolute Gasteiger partial charge is 0.0154 e. The summed E-state index contributed by atoms with van der Waals surface area (Å²) in [6.07, 6.45) is 5.26. The molecule has 15 heavy (non-hydrogen) atoms. The van der Waals surface area contributed by atoms with Gasteiger partial charge in [0.1, 0.15) is 0 Å². The van der Waals surface area contributed by atoms with Crippen molar-refractivity contribution in [2.45, 2.75) is 65.8 Å². The molecule has 0 radical (unpaired) electrons. The van der Waals surface area contributed by atoms with Crippen LogP contribution in [0.5, 0.6) is 0 Å². The molecule has 1 aliphatic rings. The second-order valence-electron chi connectivity index (χ2n) is 6.31. The number of nitrogens with two attached hydrogens (primary N) is 1. The van der Waals surface area contributed by atoms with Gasteiger partial charge in [-0.2, -0.15) is 0 Å². The van der Waals surface area contributed by atoms with Crippen LogP contribution in [0.25, 0.3) is 0 Å². The van der Waals surface area contributed by atoms with Crippen molar-refractivity contribution in [2.75, 3.05) is 0 Å². The van der Waals surface area contributed by atoms with Crippen LogP contribution in [0.2, 0.25) is 0 Å². The molecule has 0 spiro atoms. The zero-order valence-electron chi connectivity index (χ0n) is 11.2.